The lowest BCUT2D eigenvalue weighted by molar-refractivity contribution is -0.150. The van der Waals surface area contributed by atoms with Gasteiger partial charge in [0.05, 0.1) is 0 Å². The standard InChI is InChI=1S/C21H21N3O5/c25-17(22-16-9-5-7-14-6-1-2-8-15(14)16)13-29-18(26)12-24-19(27)21(23-20(24)28)10-3-4-11-21/h1-2,5-9H,3-4,10-13H2,(H,22,25)(H,23,28). The first-order chi connectivity index (χ1) is 14.0. The van der Waals surface area contributed by atoms with Crippen molar-refractivity contribution in [2.24, 2.45) is 0 Å². The van der Waals surface area contributed by atoms with Crippen LogP contribution in [0.1, 0.15) is 25.7 Å². The predicted molar refractivity (Wildman–Crippen MR) is 105 cm³/mol. The number of amides is 4. The number of hydrogen-bond donors (Lipinski definition) is 2. The molecule has 2 fully saturated rings. The van der Waals surface area contributed by atoms with Gasteiger partial charge in [0.15, 0.2) is 6.61 Å². The molecule has 1 heterocycles. The number of esters is 1. The van der Waals surface area contributed by atoms with E-state index in [1.54, 1.807) is 6.07 Å². The molecule has 1 aliphatic carbocycles. The van der Waals surface area contributed by atoms with Crippen LogP contribution in [0.25, 0.3) is 10.8 Å². The zero-order valence-corrected chi connectivity index (χ0v) is 15.8. The minimum Gasteiger partial charge on any atom is -0.454 e. The fraction of sp³-hybridized carbons (Fsp3) is 0.333. The van der Waals surface area contributed by atoms with E-state index in [4.69, 9.17) is 4.74 Å². The van der Waals surface area contributed by atoms with Crippen molar-refractivity contribution in [1.82, 2.24) is 10.2 Å². The molecule has 0 aromatic heterocycles. The van der Waals surface area contributed by atoms with Gasteiger partial charge in [-0.1, -0.05) is 49.2 Å². The fourth-order valence-corrected chi connectivity index (χ4v) is 3.98. The van der Waals surface area contributed by atoms with E-state index in [0.717, 1.165) is 28.5 Å². The van der Waals surface area contributed by atoms with Crippen molar-refractivity contribution in [2.75, 3.05) is 18.5 Å². The molecular formula is C21H21N3O5. The summed E-state index contributed by atoms with van der Waals surface area (Å²) in [5.74, 6) is -1.70. The predicted octanol–water partition coefficient (Wildman–Crippen LogP) is 2.19. The van der Waals surface area contributed by atoms with Crippen LogP contribution in [0.4, 0.5) is 10.5 Å². The molecule has 1 spiro atoms. The Balaban J connectivity index is 1.32. The fourth-order valence-electron chi connectivity index (χ4n) is 3.98. The molecule has 4 rings (SSSR count). The van der Waals surface area contributed by atoms with Crippen LogP contribution in [0.2, 0.25) is 0 Å². The molecule has 8 nitrogen and oxygen atoms in total. The second kappa shape index (κ2) is 7.54. The summed E-state index contributed by atoms with van der Waals surface area (Å²) in [6.07, 6.45) is 2.88. The Morgan fingerprint density at radius 1 is 1.07 bits per heavy atom. The third-order valence-corrected chi connectivity index (χ3v) is 5.42. The van der Waals surface area contributed by atoms with E-state index >= 15 is 0 Å². The summed E-state index contributed by atoms with van der Waals surface area (Å²) >= 11 is 0. The topological polar surface area (TPSA) is 105 Å². The molecule has 0 radical (unpaired) electrons. The van der Waals surface area contributed by atoms with E-state index in [0.29, 0.717) is 18.5 Å². The third-order valence-electron chi connectivity index (χ3n) is 5.42. The molecule has 0 atom stereocenters. The van der Waals surface area contributed by atoms with Crippen molar-refractivity contribution < 1.29 is 23.9 Å². The van der Waals surface area contributed by atoms with Gasteiger partial charge in [-0.2, -0.15) is 0 Å². The summed E-state index contributed by atoms with van der Waals surface area (Å²) < 4.78 is 4.97. The Hall–Kier alpha value is -3.42. The maximum atomic E-state index is 12.5. The lowest BCUT2D eigenvalue weighted by Gasteiger charge is -2.19. The SMILES string of the molecule is O=C(COC(=O)CN1C(=O)NC2(CCCC2)C1=O)Nc1cccc2ccccc12. The van der Waals surface area contributed by atoms with E-state index in [9.17, 15) is 19.2 Å². The molecule has 2 aromatic carbocycles. The number of carbonyl (C=O) groups is 4. The summed E-state index contributed by atoms with van der Waals surface area (Å²) in [5.41, 5.74) is -0.259. The number of anilines is 1. The van der Waals surface area contributed by atoms with Crippen LogP contribution in [-0.2, 0) is 19.1 Å². The molecule has 8 heteroatoms. The van der Waals surface area contributed by atoms with Gasteiger partial charge in [-0.05, 0) is 24.3 Å². The van der Waals surface area contributed by atoms with Crippen LogP contribution in [0, 0.1) is 0 Å². The Morgan fingerprint density at radius 3 is 2.59 bits per heavy atom. The van der Waals surface area contributed by atoms with Gasteiger partial charge < -0.3 is 15.4 Å². The molecule has 2 N–H and O–H groups in total. The first-order valence-electron chi connectivity index (χ1n) is 9.56. The number of ether oxygens (including phenoxy) is 1. The Bertz CT molecular complexity index is 991. The maximum Gasteiger partial charge on any atom is 0.326 e. The van der Waals surface area contributed by atoms with Crippen LogP contribution in [0.5, 0.6) is 0 Å². The van der Waals surface area contributed by atoms with Gasteiger partial charge in [-0.15, -0.1) is 0 Å². The first-order valence-corrected chi connectivity index (χ1v) is 9.56. The summed E-state index contributed by atoms with van der Waals surface area (Å²) in [7, 11) is 0. The second-order valence-electron chi connectivity index (χ2n) is 7.35. The van der Waals surface area contributed by atoms with Crippen LogP contribution in [0.15, 0.2) is 42.5 Å². The number of imide groups is 1. The summed E-state index contributed by atoms with van der Waals surface area (Å²) in [5, 5.41) is 7.26. The molecular weight excluding hydrogens is 374 g/mol. The van der Waals surface area contributed by atoms with Crippen LogP contribution in [0.3, 0.4) is 0 Å². The molecule has 29 heavy (non-hydrogen) atoms. The molecule has 2 aliphatic rings. The van der Waals surface area contributed by atoms with E-state index in [2.05, 4.69) is 10.6 Å². The average molecular weight is 395 g/mol. The highest BCUT2D eigenvalue weighted by Crippen LogP contribution is 2.34. The van der Waals surface area contributed by atoms with Gasteiger partial charge in [-0.3, -0.25) is 19.3 Å². The molecule has 1 saturated heterocycles. The highest BCUT2D eigenvalue weighted by atomic mass is 16.5. The molecule has 0 unspecified atom stereocenters. The lowest BCUT2D eigenvalue weighted by atomic mass is 9.98. The van der Waals surface area contributed by atoms with Gasteiger partial charge >= 0.3 is 12.0 Å². The highest BCUT2D eigenvalue weighted by Gasteiger charge is 2.52. The van der Waals surface area contributed by atoms with E-state index in [-0.39, 0.29) is 0 Å². The summed E-state index contributed by atoms with van der Waals surface area (Å²) in [6, 6.07) is 12.5. The Labute approximate surface area is 167 Å². The third kappa shape index (κ3) is 3.65. The number of carbonyl (C=O) groups excluding carboxylic acids is 4. The molecule has 0 bridgehead atoms. The quantitative estimate of drug-likeness (QED) is 0.596. The van der Waals surface area contributed by atoms with Crippen molar-refractivity contribution in [3.8, 4) is 0 Å². The van der Waals surface area contributed by atoms with Crippen molar-refractivity contribution in [1.29, 1.82) is 0 Å². The minimum absolute atomic E-state index is 0.392. The molecule has 2 aromatic rings. The number of fused-ring (bicyclic) bond motifs is 1. The Kier molecular flexibility index (Phi) is 4.92. The van der Waals surface area contributed by atoms with E-state index < -0.39 is 42.5 Å². The number of nitrogens with one attached hydrogen (secondary N) is 2. The van der Waals surface area contributed by atoms with E-state index in [1.165, 1.54) is 0 Å². The van der Waals surface area contributed by atoms with Gasteiger partial charge in [0.25, 0.3) is 11.8 Å². The second-order valence-corrected chi connectivity index (χ2v) is 7.35. The largest absolute Gasteiger partial charge is 0.454 e. The van der Waals surface area contributed by atoms with Crippen LogP contribution in [-0.4, -0.2) is 47.4 Å². The minimum atomic E-state index is -0.872. The van der Waals surface area contributed by atoms with Crippen molar-refractivity contribution >= 4 is 40.3 Å². The number of hydrogen-bond acceptors (Lipinski definition) is 5. The Morgan fingerprint density at radius 2 is 1.79 bits per heavy atom. The number of benzene rings is 2. The zero-order chi connectivity index (χ0) is 20.4. The zero-order valence-electron chi connectivity index (χ0n) is 15.8. The van der Waals surface area contributed by atoms with Crippen molar-refractivity contribution in [3.63, 3.8) is 0 Å². The number of rotatable bonds is 5. The molecule has 1 saturated carbocycles. The maximum absolute atomic E-state index is 12.5. The van der Waals surface area contributed by atoms with Crippen LogP contribution < -0.4 is 10.6 Å². The van der Waals surface area contributed by atoms with Crippen molar-refractivity contribution in [3.05, 3.63) is 42.5 Å². The molecule has 150 valence electrons. The highest BCUT2D eigenvalue weighted by molar-refractivity contribution is 6.09. The number of nitrogens with zero attached hydrogens (tertiary/aromatic N) is 1. The number of urea groups is 1. The molecule has 4 amide bonds. The summed E-state index contributed by atoms with van der Waals surface area (Å²) in [6.45, 7) is -1.01. The summed E-state index contributed by atoms with van der Waals surface area (Å²) in [4.78, 5) is 49.8. The normalized spacial score (nSPS) is 17.6. The first kappa shape index (κ1) is 18.9. The van der Waals surface area contributed by atoms with Gasteiger partial charge in [-0.25, -0.2) is 4.79 Å². The smallest absolute Gasteiger partial charge is 0.326 e. The average Bonchev–Trinajstić information content (AvgIpc) is 3.27. The molecule has 1 aliphatic heterocycles. The van der Waals surface area contributed by atoms with Gasteiger partial charge in [0.1, 0.15) is 12.1 Å². The van der Waals surface area contributed by atoms with Crippen molar-refractivity contribution in [2.45, 2.75) is 31.2 Å². The lowest BCUT2D eigenvalue weighted by Crippen LogP contribution is -2.44. The van der Waals surface area contributed by atoms with Gasteiger partial charge in [0, 0.05) is 11.1 Å². The van der Waals surface area contributed by atoms with Crippen LogP contribution >= 0.6 is 0 Å². The van der Waals surface area contributed by atoms with Gasteiger partial charge in [0.2, 0.25) is 0 Å². The van der Waals surface area contributed by atoms with E-state index in [1.807, 2.05) is 36.4 Å². The monoisotopic (exact) mass is 395 g/mol.